The fraction of sp³-hybridized carbons (Fsp3) is 0.562. The third-order valence-corrected chi connectivity index (χ3v) is 4.18. The van der Waals surface area contributed by atoms with Gasteiger partial charge < -0.3 is 10.2 Å². The Morgan fingerprint density at radius 1 is 1.39 bits per heavy atom. The second-order valence-corrected chi connectivity index (χ2v) is 5.97. The average Bonchev–Trinajstić information content (AvgIpc) is 2.48. The number of piperazine rings is 1. The summed E-state index contributed by atoms with van der Waals surface area (Å²) in [4.78, 5) is 16.6. The van der Waals surface area contributed by atoms with Crippen LogP contribution in [0.5, 0.6) is 0 Å². The van der Waals surface area contributed by atoms with Crippen molar-refractivity contribution in [2.45, 2.75) is 19.4 Å². The highest BCUT2D eigenvalue weighted by atomic mass is 35.5. The van der Waals surface area contributed by atoms with Gasteiger partial charge in [-0.1, -0.05) is 36.7 Å². The summed E-state index contributed by atoms with van der Waals surface area (Å²) in [5.41, 5.74) is 1.03. The molecule has 1 aromatic rings. The molecule has 1 aliphatic rings. The largest absolute Gasteiger partial charge is 0.332 e. The molecule has 1 aliphatic heterocycles. The first-order valence-corrected chi connectivity index (χ1v) is 7.94. The van der Waals surface area contributed by atoms with Crippen molar-refractivity contribution in [1.29, 1.82) is 0 Å². The topological polar surface area (TPSA) is 35.6 Å². The quantitative estimate of drug-likeness (QED) is 0.850. The lowest BCUT2D eigenvalue weighted by molar-refractivity contribution is -0.135. The van der Waals surface area contributed by atoms with E-state index < -0.39 is 0 Å². The van der Waals surface area contributed by atoms with Crippen molar-refractivity contribution in [3.8, 4) is 0 Å². The van der Waals surface area contributed by atoms with Gasteiger partial charge in [-0.05, 0) is 31.6 Å². The first-order chi connectivity index (χ1) is 10.1. The van der Waals surface area contributed by atoms with E-state index in [1.165, 1.54) is 0 Å². The molecule has 1 fully saturated rings. The van der Waals surface area contributed by atoms with Crippen LogP contribution in [0, 0.1) is 0 Å². The second-order valence-electron chi connectivity index (χ2n) is 5.57. The van der Waals surface area contributed by atoms with Crippen LogP contribution in [-0.4, -0.2) is 55.5 Å². The molecule has 1 N–H and O–H groups in total. The van der Waals surface area contributed by atoms with Crippen LogP contribution in [0.1, 0.15) is 24.9 Å². The summed E-state index contributed by atoms with van der Waals surface area (Å²) in [6.45, 7) is 5.85. The van der Waals surface area contributed by atoms with Crippen LogP contribution in [0.2, 0.25) is 5.02 Å². The Labute approximate surface area is 156 Å². The van der Waals surface area contributed by atoms with Crippen molar-refractivity contribution in [3.05, 3.63) is 34.9 Å². The standard InChI is InChI=1S/C16H24ClN3O.2ClH/c1-3-9-19(2)12-16(21)20-10-8-18-11-15(20)13-6-4-5-7-14(13)17;;/h4-7,15,18H,3,8-12H2,1-2H3;2*1H. The molecule has 1 amide bonds. The van der Waals surface area contributed by atoms with Gasteiger partial charge in [0.2, 0.25) is 5.91 Å². The summed E-state index contributed by atoms with van der Waals surface area (Å²) in [5, 5.41) is 4.09. The van der Waals surface area contributed by atoms with Gasteiger partial charge in [-0.25, -0.2) is 0 Å². The number of benzene rings is 1. The molecule has 0 aromatic heterocycles. The molecular formula is C16H26Cl3N3O. The lowest BCUT2D eigenvalue weighted by Gasteiger charge is -2.37. The van der Waals surface area contributed by atoms with Crippen LogP contribution in [0.3, 0.4) is 0 Å². The van der Waals surface area contributed by atoms with Gasteiger partial charge in [0, 0.05) is 24.7 Å². The summed E-state index contributed by atoms with van der Waals surface area (Å²) in [5.74, 6) is 0.178. The lowest BCUT2D eigenvalue weighted by Crippen LogP contribution is -2.51. The fourth-order valence-electron chi connectivity index (χ4n) is 2.81. The number of rotatable bonds is 5. The Morgan fingerprint density at radius 2 is 2.09 bits per heavy atom. The molecule has 0 bridgehead atoms. The SMILES string of the molecule is CCCN(C)CC(=O)N1CCNCC1c1ccccc1Cl.Cl.Cl. The number of halogens is 3. The number of carbonyl (C=O) groups excluding carboxylic acids is 1. The average molecular weight is 383 g/mol. The van der Waals surface area contributed by atoms with E-state index in [-0.39, 0.29) is 36.8 Å². The van der Waals surface area contributed by atoms with Crippen molar-refractivity contribution < 1.29 is 4.79 Å². The maximum atomic E-state index is 12.6. The van der Waals surface area contributed by atoms with Crippen molar-refractivity contribution >= 4 is 42.3 Å². The Morgan fingerprint density at radius 3 is 2.74 bits per heavy atom. The van der Waals surface area contributed by atoms with E-state index in [4.69, 9.17) is 11.6 Å². The van der Waals surface area contributed by atoms with Crippen molar-refractivity contribution in [2.75, 3.05) is 39.8 Å². The molecule has 1 saturated heterocycles. The zero-order chi connectivity index (χ0) is 15.2. The van der Waals surface area contributed by atoms with Gasteiger partial charge in [-0.15, -0.1) is 24.8 Å². The van der Waals surface area contributed by atoms with E-state index in [1.807, 2.05) is 36.2 Å². The van der Waals surface area contributed by atoms with Gasteiger partial charge in [-0.3, -0.25) is 9.69 Å². The van der Waals surface area contributed by atoms with Crippen LogP contribution in [-0.2, 0) is 4.79 Å². The maximum absolute atomic E-state index is 12.6. The van der Waals surface area contributed by atoms with Gasteiger partial charge in [-0.2, -0.15) is 0 Å². The number of carbonyl (C=O) groups is 1. The zero-order valence-corrected chi connectivity index (χ0v) is 16.0. The molecule has 2 rings (SSSR count). The molecule has 1 atom stereocenters. The van der Waals surface area contributed by atoms with E-state index in [0.717, 1.165) is 43.2 Å². The van der Waals surface area contributed by atoms with Gasteiger partial charge in [0.1, 0.15) is 0 Å². The number of likely N-dealkylation sites (N-methyl/N-ethyl adjacent to an activating group) is 1. The summed E-state index contributed by atoms with van der Waals surface area (Å²) in [7, 11) is 1.99. The molecule has 4 nitrogen and oxygen atoms in total. The number of amides is 1. The van der Waals surface area contributed by atoms with Crippen molar-refractivity contribution in [2.24, 2.45) is 0 Å². The van der Waals surface area contributed by atoms with E-state index in [2.05, 4.69) is 17.1 Å². The monoisotopic (exact) mass is 381 g/mol. The molecular weight excluding hydrogens is 357 g/mol. The van der Waals surface area contributed by atoms with Gasteiger partial charge in [0.25, 0.3) is 0 Å². The van der Waals surface area contributed by atoms with Gasteiger partial charge >= 0.3 is 0 Å². The van der Waals surface area contributed by atoms with Gasteiger partial charge in [0.15, 0.2) is 0 Å². The normalized spacial score (nSPS) is 17.4. The Kier molecular flexibility index (Phi) is 10.9. The summed E-state index contributed by atoms with van der Waals surface area (Å²) >= 11 is 6.31. The molecule has 0 spiro atoms. The van der Waals surface area contributed by atoms with Crippen LogP contribution in [0.4, 0.5) is 0 Å². The van der Waals surface area contributed by atoms with Crippen LogP contribution < -0.4 is 5.32 Å². The molecule has 23 heavy (non-hydrogen) atoms. The Hall–Kier alpha value is -0.520. The number of nitrogens with one attached hydrogen (secondary N) is 1. The number of hydrogen-bond donors (Lipinski definition) is 1. The molecule has 7 heteroatoms. The minimum Gasteiger partial charge on any atom is -0.332 e. The predicted molar refractivity (Wildman–Crippen MR) is 101 cm³/mol. The first kappa shape index (κ1) is 22.5. The molecule has 1 heterocycles. The summed E-state index contributed by atoms with van der Waals surface area (Å²) in [6, 6.07) is 7.81. The number of nitrogens with zero attached hydrogens (tertiary/aromatic N) is 2. The van der Waals surface area contributed by atoms with Crippen LogP contribution in [0.15, 0.2) is 24.3 Å². The van der Waals surface area contributed by atoms with Crippen molar-refractivity contribution in [3.63, 3.8) is 0 Å². The predicted octanol–water partition coefficient (Wildman–Crippen LogP) is 3.00. The highest BCUT2D eigenvalue weighted by molar-refractivity contribution is 6.31. The van der Waals surface area contributed by atoms with E-state index in [9.17, 15) is 4.79 Å². The third-order valence-electron chi connectivity index (χ3n) is 3.84. The molecule has 1 unspecified atom stereocenters. The number of hydrogen-bond acceptors (Lipinski definition) is 3. The first-order valence-electron chi connectivity index (χ1n) is 7.56. The van der Waals surface area contributed by atoms with E-state index in [1.54, 1.807) is 0 Å². The van der Waals surface area contributed by atoms with Crippen LogP contribution >= 0.6 is 36.4 Å². The highest BCUT2D eigenvalue weighted by Gasteiger charge is 2.29. The highest BCUT2D eigenvalue weighted by Crippen LogP contribution is 2.28. The fourth-order valence-corrected chi connectivity index (χ4v) is 3.07. The summed E-state index contributed by atoms with van der Waals surface area (Å²) < 4.78 is 0. The molecule has 132 valence electrons. The third kappa shape index (κ3) is 6.12. The lowest BCUT2D eigenvalue weighted by atomic mass is 10.0. The van der Waals surface area contributed by atoms with Gasteiger partial charge in [0.05, 0.1) is 12.6 Å². The Bertz CT molecular complexity index is 487. The minimum absolute atomic E-state index is 0. The van der Waals surface area contributed by atoms with E-state index >= 15 is 0 Å². The Balaban J connectivity index is 0.00000242. The molecule has 0 saturated carbocycles. The molecule has 0 aliphatic carbocycles. The zero-order valence-electron chi connectivity index (χ0n) is 13.6. The van der Waals surface area contributed by atoms with Crippen LogP contribution in [0.25, 0.3) is 0 Å². The summed E-state index contributed by atoms with van der Waals surface area (Å²) in [6.07, 6.45) is 1.05. The maximum Gasteiger partial charge on any atom is 0.237 e. The molecule has 0 radical (unpaired) electrons. The van der Waals surface area contributed by atoms with E-state index in [0.29, 0.717) is 6.54 Å². The second kappa shape index (κ2) is 11.1. The minimum atomic E-state index is 0. The molecule has 1 aromatic carbocycles. The van der Waals surface area contributed by atoms with Crippen molar-refractivity contribution in [1.82, 2.24) is 15.1 Å². The smallest absolute Gasteiger partial charge is 0.237 e.